The van der Waals surface area contributed by atoms with E-state index in [-0.39, 0.29) is 18.1 Å². The van der Waals surface area contributed by atoms with Crippen LogP contribution < -0.4 is 5.32 Å². The molecule has 80 valence electrons. The SMILES string of the molecule is CC(=O)CC(=O)NC(C(=O)O)C(C)C. The topological polar surface area (TPSA) is 83.5 Å². The largest absolute Gasteiger partial charge is 0.480 e. The van der Waals surface area contributed by atoms with Crippen LogP contribution >= 0.6 is 0 Å². The summed E-state index contributed by atoms with van der Waals surface area (Å²) in [7, 11) is 0. The lowest BCUT2D eigenvalue weighted by Gasteiger charge is -2.17. The Kier molecular flexibility index (Phi) is 4.83. The molecule has 1 atom stereocenters. The van der Waals surface area contributed by atoms with E-state index in [0.29, 0.717) is 0 Å². The van der Waals surface area contributed by atoms with Crippen molar-refractivity contribution in [2.24, 2.45) is 5.92 Å². The number of aliphatic carboxylic acids is 1. The Morgan fingerprint density at radius 2 is 1.79 bits per heavy atom. The third-order valence-corrected chi connectivity index (χ3v) is 1.66. The van der Waals surface area contributed by atoms with Crippen molar-refractivity contribution in [2.75, 3.05) is 0 Å². The van der Waals surface area contributed by atoms with Gasteiger partial charge in [-0.2, -0.15) is 0 Å². The fourth-order valence-electron chi connectivity index (χ4n) is 0.964. The summed E-state index contributed by atoms with van der Waals surface area (Å²) in [6.45, 7) is 4.66. The predicted molar refractivity (Wildman–Crippen MR) is 49.7 cm³/mol. The first-order chi connectivity index (χ1) is 6.34. The van der Waals surface area contributed by atoms with Gasteiger partial charge in [-0.15, -0.1) is 0 Å². The molecule has 5 nitrogen and oxygen atoms in total. The van der Waals surface area contributed by atoms with E-state index in [0.717, 1.165) is 0 Å². The molecule has 0 aliphatic rings. The van der Waals surface area contributed by atoms with E-state index in [9.17, 15) is 14.4 Å². The first-order valence-corrected chi connectivity index (χ1v) is 4.36. The molecular formula is C9H15NO4. The fraction of sp³-hybridized carbons (Fsp3) is 0.667. The Morgan fingerprint density at radius 1 is 1.29 bits per heavy atom. The molecule has 0 fully saturated rings. The second-order valence-electron chi connectivity index (χ2n) is 3.51. The molecule has 0 aromatic rings. The molecule has 0 heterocycles. The van der Waals surface area contributed by atoms with Gasteiger partial charge in [-0.1, -0.05) is 13.8 Å². The van der Waals surface area contributed by atoms with E-state index in [4.69, 9.17) is 5.11 Å². The molecule has 0 aliphatic heterocycles. The first-order valence-electron chi connectivity index (χ1n) is 4.36. The molecule has 0 aliphatic carbocycles. The van der Waals surface area contributed by atoms with Crippen LogP contribution in [0.5, 0.6) is 0 Å². The summed E-state index contributed by atoms with van der Waals surface area (Å²) in [4.78, 5) is 32.3. The van der Waals surface area contributed by atoms with Gasteiger partial charge in [-0.05, 0) is 12.8 Å². The predicted octanol–water partition coefficient (Wildman–Crippen LogP) is 0.191. The third kappa shape index (κ3) is 4.59. The molecule has 0 saturated carbocycles. The van der Waals surface area contributed by atoms with Crippen molar-refractivity contribution in [1.29, 1.82) is 0 Å². The third-order valence-electron chi connectivity index (χ3n) is 1.66. The highest BCUT2D eigenvalue weighted by Gasteiger charge is 2.23. The van der Waals surface area contributed by atoms with Crippen LogP contribution in [0, 0.1) is 5.92 Å². The van der Waals surface area contributed by atoms with Gasteiger partial charge in [-0.25, -0.2) is 4.79 Å². The van der Waals surface area contributed by atoms with Crippen LogP contribution in [0.25, 0.3) is 0 Å². The molecule has 5 heteroatoms. The van der Waals surface area contributed by atoms with Crippen molar-refractivity contribution in [1.82, 2.24) is 5.32 Å². The molecule has 0 spiro atoms. The average molecular weight is 201 g/mol. The number of carboxylic acid groups (broad SMARTS) is 1. The van der Waals surface area contributed by atoms with Crippen molar-refractivity contribution >= 4 is 17.7 Å². The van der Waals surface area contributed by atoms with Crippen molar-refractivity contribution in [2.45, 2.75) is 33.2 Å². The van der Waals surface area contributed by atoms with Gasteiger partial charge in [0.25, 0.3) is 0 Å². The van der Waals surface area contributed by atoms with Gasteiger partial charge < -0.3 is 10.4 Å². The van der Waals surface area contributed by atoms with Gasteiger partial charge in [0.05, 0.1) is 6.42 Å². The Morgan fingerprint density at radius 3 is 2.07 bits per heavy atom. The molecule has 2 N–H and O–H groups in total. The van der Waals surface area contributed by atoms with Gasteiger partial charge in [0.1, 0.15) is 11.8 Å². The summed E-state index contributed by atoms with van der Waals surface area (Å²) in [5, 5.41) is 11.0. The van der Waals surface area contributed by atoms with Crippen LogP contribution in [-0.4, -0.2) is 28.8 Å². The van der Waals surface area contributed by atoms with Crippen molar-refractivity contribution in [3.05, 3.63) is 0 Å². The zero-order valence-electron chi connectivity index (χ0n) is 8.53. The molecule has 0 aromatic carbocycles. The van der Waals surface area contributed by atoms with E-state index >= 15 is 0 Å². The molecule has 1 amide bonds. The second kappa shape index (κ2) is 5.36. The van der Waals surface area contributed by atoms with Gasteiger partial charge in [0, 0.05) is 0 Å². The van der Waals surface area contributed by atoms with Crippen LogP contribution in [0.2, 0.25) is 0 Å². The number of amides is 1. The first kappa shape index (κ1) is 12.6. The van der Waals surface area contributed by atoms with Gasteiger partial charge in [0.2, 0.25) is 5.91 Å². The molecule has 1 unspecified atom stereocenters. The van der Waals surface area contributed by atoms with E-state index in [1.165, 1.54) is 6.92 Å². The Labute approximate surface area is 82.5 Å². The van der Waals surface area contributed by atoms with Crippen LogP contribution in [0.15, 0.2) is 0 Å². The summed E-state index contributed by atoms with van der Waals surface area (Å²) in [5.74, 6) is -2.12. The van der Waals surface area contributed by atoms with Crippen LogP contribution in [0.1, 0.15) is 27.2 Å². The molecule has 0 rings (SSSR count). The number of rotatable bonds is 5. The monoisotopic (exact) mass is 201 g/mol. The standard InChI is InChI=1S/C9H15NO4/c1-5(2)8(9(13)14)10-7(12)4-6(3)11/h5,8H,4H2,1-3H3,(H,10,12)(H,13,14). The average Bonchev–Trinajstić information content (AvgIpc) is 1.97. The Bertz CT molecular complexity index is 247. The second-order valence-corrected chi connectivity index (χ2v) is 3.51. The molecular weight excluding hydrogens is 186 g/mol. The summed E-state index contributed by atoms with van der Waals surface area (Å²) in [6, 6.07) is -0.929. The van der Waals surface area contributed by atoms with E-state index < -0.39 is 17.9 Å². The van der Waals surface area contributed by atoms with Crippen LogP contribution in [0.3, 0.4) is 0 Å². The molecule has 0 bridgehead atoms. The van der Waals surface area contributed by atoms with Crippen LogP contribution in [0.4, 0.5) is 0 Å². The van der Waals surface area contributed by atoms with Crippen molar-refractivity contribution in [3.8, 4) is 0 Å². The highest BCUT2D eigenvalue weighted by molar-refractivity contribution is 5.98. The number of hydrogen-bond donors (Lipinski definition) is 2. The summed E-state index contributed by atoms with van der Waals surface area (Å²) in [5.41, 5.74) is 0. The smallest absolute Gasteiger partial charge is 0.326 e. The highest BCUT2D eigenvalue weighted by Crippen LogP contribution is 2.01. The highest BCUT2D eigenvalue weighted by atomic mass is 16.4. The molecule has 0 saturated heterocycles. The van der Waals surface area contributed by atoms with Gasteiger partial charge in [-0.3, -0.25) is 9.59 Å². The zero-order valence-corrected chi connectivity index (χ0v) is 8.53. The number of carbonyl (C=O) groups is 3. The quantitative estimate of drug-likeness (QED) is 0.622. The normalized spacial score (nSPS) is 12.3. The van der Waals surface area contributed by atoms with E-state index in [1.54, 1.807) is 13.8 Å². The number of ketones is 1. The van der Waals surface area contributed by atoms with Crippen LogP contribution in [-0.2, 0) is 14.4 Å². The fourth-order valence-corrected chi connectivity index (χ4v) is 0.964. The summed E-state index contributed by atoms with van der Waals surface area (Å²) < 4.78 is 0. The lowest BCUT2D eigenvalue weighted by atomic mass is 10.0. The Hall–Kier alpha value is -1.39. The minimum atomic E-state index is -1.09. The number of carbonyl (C=O) groups excluding carboxylic acids is 2. The van der Waals surface area contributed by atoms with Crippen molar-refractivity contribution < 1.29 is 19.5 Å². The minimum Gasteiger partial charge on any atom is -0.480 e. The lowest BCUT2D eigenvalue weighted by molar-refractivity contribution is -0.143. The lowest BCUT2D eigenvalue weighted by Crippen LogP contribution is -2.44. The Balaban J connectivity index is 4.24. The maximum atomic E-state index is 11.1. The number of Topliss-reactive ketones (excluding diaryl/α,β-unsaturated/α-hetero) is 1. The number of hydrogen-bond acceptors (Lipinski definition) is 3. The van der Waals surface area contributed by atoms with Gasteiger partial charge >= 0.3 is 5.97 Å². The number of nitrogens with one attached hydrogen (secondary N) is 1. The molecule has 0 aromatic heterocycles. The summed E-state index contributed by atoms with van der Waals surface area (Å²) >= 11 is 0. The van der Waals surface area contributed by atoms with Gasteiger partial charge in [0.15, 0.2) is 0 Å². The molecule has 0 radical (unpaired) electrons. The molecule has 14 heavy (non-hydrogen) atoms. The van der Waals surface area contributed by atoms with Crippen molar-refractivity contribution in [3.63, 3.8) is 0 Å². The maximum Gasteiger partial charge on any atom is 0.326 e. The number of carboxylic acids is 1. The minimum absolute atomic E-state index is 0.205. The summed E-state index contributed by atoms with van der Waals surface area (Å²) in [6.07, 6.45) is -0.267. The zero-order chi connectivity index (χ0) is 11.3. The van der Waals surface area contributed by atoms with E-state index in [1.807, 2.05) is 0 Å². The maximum absolute atomic E-state index is 11.1. The van der Waals surface area contributed by atoms with E-state index in [2.05, 4.69) is 5.32 Å².